The van der Waals surface area contributed by atoms with Crippen LogP contribution >= 0.6 is 0 Å². The molecule has 0 heterocycles. The SMILES string of the molecule is COc1cc(F)c(C(N)CC2CCC2)cc1OC. The molecule has 1 fully saturated rings. The molecule has 1 aliphatic carbocycles. The van der Waals surface area contributed by atoms with Crippen molar-refractivity contribution in [2.75, 3.05) is 14.2 Å². The van der Waals surface area contributed by atoms with Gasteiger partial charge in [0.25, 0.3) is 0 Å². The van der Waals surface area contributed by atoms with Crippen LogP contribution in [0.15, 0.2) is 12.1 Å². The molecular weight excluding hydrogens is 233 g/mol. The number of ether oxygens (including phenoxy) is 2. The molecule has 0 radical (unpaired) electrons. The second-order valence-electron chi connectivity index (χ2n) is 4.87. The number of hydrogen-bond donors (Lipinski definition) is 1. The second-order valence-corrected chi connectivity index (χ2v) is 4.87. The maximum absolute atomic E-state index is 14.0. The zero-order chi connectivity index (χ0) is 13.1. The summed E-state index contributed by atoms with van der Waals surface area (Å²) in [5.41, 5.74) is 6.60. The van der Waals surface area contributed by atoms with Crippen LogP contribution in [0.4, 0.5) is 4.39 Å². The Morgan fingerprint density at radius 2 is 1.89 bits per heavy atom. The molecule has 1 aromatic carbocycles. The smallest absolute Gasteiger partial charge is 0.163 e. The molecule has 1 saturated carbocycles. The molecule has 2 N–H and O–H groups in total. The molecule has 3 nitrogen and oxygen atoms in total. The maximum atomic E-state index is 14.0. The summed E-state index contributed by atoms with van der Waals surface area (Å²) in [6, 6.07) is 2.72. The Hall–Kier alpha value is -1.29. The van der Waals surface area contributed by atoms with E-state index in [4.69, 9.17) is 15.2 Å². The molecule has 0 spiro atoms. The average Bonchev–Trinajstić information content (AvgIpc) is 2.33. The van der Waals surface area contributed by atoms with Crippen LogP contribution in [0, 0.1) is 11.7 Å². The predicted molar refractivity (Wildman–Crippen MR) is 68.4 cm³/mol. The molecular formula is C14H20FNO2. The van der Waals surface area contributed by atoms with Gasteiger partial charge in [0.15, 0.2) is 11.5 Å². The monoisotopic (exact) mass is 253 g/mol. The lowest BCUT2D eigenvalue weighted by Crippen LogP contribution is -2.21. The summed E-state index contributed by atoms with van der Waals surface area (Å²) in [4.78, 5) is 0. The quantitative estimate of drug-likeness (QED) is 0.877. The van der Waals surface area contributed by atoms with Gasteiger partial charge in [0.1, 0.15) is 5.82 Å². The fraction of sp³-hybridized carbons (Fsp3) is 0.571. The standard InChI is InChI=1S/C14H20FNO2/c1-17-13-7-10(11(15)8-14(13)18-2)12(16)6-9-4-3-5-9/h7-9,12H,3-6,16H2,1-2H3. The Labute approximate surface area is 107 Å². The van der Waals surface area contributed by atoms with E-state index in [2.05, 4.69) is 0 Å². The number of rotatable bonds is 5. The first kappa shape index (κ1) is 13.1. The first-order chi connectivity index (χ1) is 8.65. The highest BCUT2D eigenvalue weighted by Crippen LogP contribution is 2.37. The Morgan fingerprint density at radius 1 is 1.28 bits per heavy atom. The lowest BCUT2D eigenvalue weighted by atomic mass is 9.80. The van der Waals surface area contributed by atoms with E-state index >= 15 is 0 Å². The van der Waals surface area contributed by atoms with E-state index < -0.39 is 0 Å². The summed E-state index contributed by atoms with van der Waals surface area (Å²) >= 11 is 0. The van der Waals surface area contributed by atoms with E-state index in [1.54, 1.807) is 6.07 Å². The Balaban J connectivity index is 2.20. The van der Waals surface area contributed by atoms with E-state index in [-0.39, 0.29) is 11.9 Å². The van der Waals surface area contributed by atoms with Crippen molar-refractivity contribution < 1.29 is 13.9 Å². The van der Waals surface area contributed by atoms with E-state index in [9.17, 15) is 4.39 Å². The minimum atomic E-state index is -0.320. The van der Waals surface area contributed by atoms with Crippen molar-refractivity contribution >= 4 is 0 Å². The van der Waals surface area contributed by atoms with Gasteiger partial charge in [-0.05, 0) is 18.4 Å². The maximum Gasteiger partial charge on any atom is 0.163 e. The zero-order valence-corrected chi connectivity index (χ0v) is 10.9. The Bertz CT molecular complexity index is 419. The Kier molecular flexibility index (Phi) is 4.07. The van der Waals surface area contributed by atoms with Gasteiger partial charge in [0, 0.05) is 17.7 Å². The van der Waals surface area contributed by atoms with Gasteiger partial charge in [-0.25, -0.2) is 4.39 Å². The molecule has 1 aliphatic rings. The molecule has 1 unspecified atom stereocenters. The lowest BCUT2D eigenvalue weighted by molar-refractivity contribution is 0.275. The van der Waals surface area contributed by atoms with Crippen molar-refractivity contribution in [2.24, 2.45) is 11.7 Å². The summed E-state index contributed by atoms with van der Waals surface area (Å²) in [7, 11) is 3.03. The highest BCUT2D eigenvalue weighted by atomic mass is 19.1. The number of hydrogen-bond acceptors (Lipinski definition) is 3. The van der Waals surface area contributed by atoms with Crippen molar-refractivity contribution in [3.8, 4) is 11.5 Å². The molecule has 2 rings (SSSR count). The van der Waals surface area contributed by atoms with Crippen LogP contribution in [-0.2, 0) is 0 Å². The van der Waals surface area contributed by atoms with Gasteiger partial charge < -0.3 is 15.2 Å². The van der Waals surface area contributed by atoms with E-state index in [1.807, 2.05) is 0 Å². The fourth-order valence-electron chi connectivity index (χ4n) is 2.37. The number of methoxy groups -OCH3 is 2. The van der Waals surface area contributed by atoms with Gasteiger partial charge in [0.05, 0.1) is 14.2 Å². The summed E-state index contributed by atoms with van der Waals surface area (Å²) in [6.07, 6.45) is 4.53. The largest absolute Gasteiger partial charge is 0.493 e. The molecule has 0 amide bonds. The van der Waals surface area contributed by atoms with Crippen LogP contribution in [0.1, 0.15) is 37.3 Å². The predicted octanol–water partition coefficient (Wildman–Crippen LogP) is 3.03. The number of benzene rings is 1. The van der Waals surface area contributed by atoms with Gasteiger partial charge in [-0.1, -0.05) is 19.3 Å². The van der Waals surface area contributed by atoms with Crippen LogP contribution in [0.25, 0.3) is 0 Å². The number of halogens is 1. The van der Waals surface area contributed by atoms with Crippen LogP contribution in [0.5, 0.6) is 11.5 Å². The first-order valence-electron chi connectivity index (χ1n) is 6.32. The molecule has 100 valence electrons. The van der Waals surface area contributed by atoms with Gasteiger partial charge in [-0.3, -0.25) is 0 Å². The highest BCUT2D eigenvalue weighted by molar-refractivity contribution is 5.44. The summed E-state index contributed by atoms with van der Waals surface area (Å²) in [6.45, 7) is 0. The molecule has 0 aliphatic heterocycles. The minimum Gasteiger partial charge on any atom is -0.493 e. The van der Waals surface area contributed by atoms with Crippen molar-refractivity contribution in [2.45, 2.75) is 31.7 Å². The minimum absolute atomic E-state index is 0.268. The van der Waals surface area contributed by atoms with Gasteiger partial charge in [0.2, 0.25) is 0 Å². The fourth-order valence-corrected chi connectivity index (χ4v) is 2.37. The molecule has 4 heteroatoms. The van der Waals surface area contributed by atoms with Gasteiger partial charge in [-0.2, -0.15) is 0 Å². The molecule has 18 heavy (non-hydrogen) atoms. The summed E-state index contributed by atoms with van der Waals surface area (Å²) < 4.78 is 24.2. The molecule has 1 atom stereocenters. The van der Waals surface area contributed by atoms with Crippen molar-refractivity contribution in [3.05, 3.63) is 23.5 Å². The lowest BCUT2D eigenvalue weighted by Gasteiger charge is -2.28. The van der Waals surface area contributed by atoms with Crippen molar-refractivity contribution in [1.29, 1.82) is 0 Å². The van der Waals surface area contributed by atoms with Crippen LogP contribution in [0.2, 0.25) is 0 Å². The average molecular weight is 253 g/mol. The van der Waals surface area contributed by atoms with Crippen molar-refractivity contribution in [1.82, 2.24) is 0 Å². The normalized spacial score (nSPS) is 17.1. The molecule has 0 aromatic heterocycles. The first-order valence-corrected chi connectivity index (χ1v) is 6.32. The van der Waals surface area contributed by atoms with E-state index in [0.717, 1.165) is 6.42 Å². The Morgan fingerprint density at radius 3 is 2.39 bits per heavy atom. The van der Waals surface area contributed by atoms with Gasteiger partial charge >= 0.3 is 0 Å². The van der Waals surface area contributed by atoms with Crippen LogP contribution in [-0.4, -0.2) is 14.2 Å². The third-order valence-electron chi connectivity index (χ3n) is 3.71. The van der Waals surface area contributed by atoms with E-state index in [1.165, 1.54) is 39.5 Å². The van der Waals surface area contributed by atoms with Crippen molar-refractivity contribution in [3.63, 3.8) is 0 Å². The third-order valence-corrected chi connectivity index (χ3v) is 3.71. The zero-order valence-electron chi connectivity index (χ0n) is 10.9. The van der Waals surface area contributed by atoms with E-state index in [0.29, 0.717) is 23.0 Å². The molecule has 0 bridgehead atoms. The van der Waals surface area contributed by atoms with Gasteiger partial charge in [-0.15, -0.1) is 0 Å². The highest BCUT2D eigenvalue weighted by Gasteiger charge is 2.23. The number of nitrogens with two attached hydrogens (primary N) is 1. The summed E-state index contributed by atoms with van der Waals surface area (Å²) in [5, 5.41) is 0. The molecule has 1 aromatic rings. The topological polar surface area (TPSA) is 44.5 Å². The van der Waals surface area contributed by atoms with Crippen LogP contribution < -0.4 is 15.2 Å². The molecule has 0 saturated heterocycles. The second kappa shape index (κ2) is 5.57. The van der Waals surface area contributed by atoms with Crippen LogP contribution in [0.3, 0.4) is 0 Å². The summed E-state index contributed by atoms with van der Waals surface area (Å²) in [5.74, 6) is 1.25. The third kappa shape index (κ3) is 2.58.